The van der Waals surface area contributed by atoms with E-state index < -0.39 is 0 Å². The van der Waals surface area contributed by atoms with Gasteiger partial charge in [0, 0.05) is 0 Å². The van der Waals surface area contributed by atoms with Crippen molar-refractivity contribution in [3.05, 3.63) is 0 Å². The molecule has 0 aliphatic carbocycles. The number of carbonyl (C=O) groups is 1. The monoisotopic (exact) mass is 120 g/mol. The van der Waals surface area contributed by atoms with Crippen LogP contribution < -0.4 is 0 Å². The van der Waals surface area contributed by atoms with Crippen molar-refractivity contribution in [3.8, 4) is 0 Å². The Morgan fingerprint density at radius 3 is 1.75 bits per heavy atom. The van der Waals surface area contributed by atoms with Crippen LogP contribution >= 0.6 is 0 Å². The average molecular weight is 120 g/mol. The first-order valence-corrected chi connectivity index (χ1v) is 2.18. The molecule has 0 bridgehead atoms. The quantitative estimate of drug-likeness (QED) is 0.414. The van der Waals surface area contributed by atoms with Crippen LogP contribution in [-0.4, -0.2) is 36.0 Å². The summed E-state index contributed by atoms with van der Waals surface area (Å²) in [7, 11) is 0. The molecule has 2 N–H and O–H groups in total. The van der Waals surface area contributed by atoms with Crippen molar-refractivity contribution in [3.63, 3.8) is 0 Å². The van der Waals surface area contributed by atoms with E-state index in [0.29, 0.717) is 6.61 Å². The first kappa shape index (κ1) is 7.39. The van der Waals surface area contributed by atoms with Crippen molar-refractivity contribution < 1.29 is 19.7 Å². The fourth-order valence-corrected chi connectivity index (χ4v) is 0.0295. The lowest BCUT2D eigenvalue weighted by Gasteiger charge is -1.70. The number of hydrogen-bond donors (Lipinski definition) is 2. The van der Waals surface area contributed by atoms with Crippen LogP contribution in [0.5, 0.6) is 0 Å². The zero-order valence-corrected chi connectivity index (χ0v) is 4.33. The summed E-state index contributed by atoms with van der Waals surface area (Å²) in [6.45, 7) is 0.0972. The van der Waals surface area contributed by atoms with Gasteiger partial charge >= 0.3 is 5.97 Å². The fourth-order valence-electron chi connectivity index (χ4n) is 0.0295. The summed E-state index contributed by atoms with van der Waals surface area (Å²) in [6, 6.07) is 0. The summed E-state index contributed by atoms with van der Waals surface area (Å²) in [5, 5.41) is 15.2. The molecule has 4 nitrogen and oxygen atoms in total. The van der Waals surface area contributed by atoms with Crippen molar-refractivity contribution in [1.29, 1.82) is 0 Å². The summed E-state index contributed by atoms with van der Waals surface area (Å²) < 4.78 is 4.07. The Bertz CT molecular complexity index is 62.4. The van der Waals surface area contributed by atoms with E-state index in [-0.39, 0.29) is 19.2 Å². The fraction of sp³-hybridized carbons (Fsp3) is 0.750. The molecule has 8 heavy (non-hydrogen) atoms. The van der Waals surface area contributed by atoms with Gasteiger partial charge in [0.05, 0.1) is 13.2 Å². The first-order valence-electron chi connectivity index (χ1n) is 2.18. The summed E-state index contributed by atoms with van der Waals surface area (Å²) in [4.78, 5) is 9.33. The number of ether oxygens (including phenoxy) is 1. The third kappa shape index (κ3) is 9.04. The molecule has 1 aliphatic rings. The molecular formula is C4H8O4. The molecule has 0 unspecified atom stereocenters. The Morgan fingerprint density at radius 2 is 1.75 bits per heavy atom. The average Bonchev–Trinajstić information content (AvgIpc) is 2.52. The molecule has 1 rings (SSSR count). The van der Waals surface area contributed by atoms with Crippen molar-refractivity contribution >= 4 is 5.97 Å². The number of hydrogen-bond acceptors (Lipinski definition) is 4. The van der Waals surface area contributed by atoms with E-state index in [9.17, 15) is 4.79 Å². The highest BCUT2D eigenvalue weighted by atomic mass is 16.6. The molecule has 1 saturated heterocycles. The standard InChI is InChI=1S/C2H2O2.C2H6O2/c3-2-1-4-2;3-1-2-4/h1H2;3-4H,1-2H2. The van der Waals surface area contributed by atoms with E-state index in [1.54, 1.807) is 0 Å². The predicted molar refractivity (Wildman–Crippen MR) is 25.1 cm³/mol. The van der Waals surface area contributed by atoms with Crippen molar-refractivity contribution in [2.75, 3.05) is 19.8 Å². The lowest BCUT2D eigenvalue weighted by Crippen LogP contribution is -1.85. The maximum Gasteiger partial charge on any atom is 0.344 e. The van der Waals surface area contributed by atoms with Gasteiger partial charge in [-0.2, -0.15) is 0 Å². The Morgan fingerprint density at radius 1 is 1.50 bits per heavy atom. The summed E-state index contributed by atoms with van der Waals surface area (Å²) in [5.74, 6) is -0.0833. The van der Waals surface area contributed by atoms with Gasteiger partial charge in [0.2, 0.25) is 0 Å². The largest absolute Gasteiger partial charge is 0.451 e. The first-order chi connectivity index (χ1) is 3.81. The third-order valence-electron chi connectivity index (χ3n) is 0.362. The van der Waals surface area contributed by atoms with Crippen LogP contribution in [0.4, 0.5) is 0 Å². The van der Waals surface area contributed by atoms with Crippen LogP contribution in [0.1, 0.15) is 0 Å². The maximum atomic E-state index is 9.33. The maximum absolute atomic E-state index is 9.33. The van der Waals surface area contributed by atoms with Crippen molar-refractivity contribution in [2.24, 2.45) is 0 Å². The molecule has 1 fully saturated rings. The molecule has 1 aliphatic heterocycles. The van der Waals surface area contributed by atoms with E-state index in [4.69, 9.17) is 10.2 Å². The minimum atomic E-state index is -0.125. The zero-order valence-electron chi connectivity index (χ0n) is 4.33. The Labute approximate surface area is 46.7 Å². The van der Waals surface area contributed by atoms with Gasteiger partial charge in [-0.1, -0.05) is 0 Å². The molecule has 0 amide bonds. The zero-order chi connectivity index (χ0) is 6.41. The molecule has 1 heterocycles. The van der Waals surface area contributed by atoms with Gasteiger partial charge in [-0.05, 0) is 0 Å². The molecule has 48 valence electrons. The molecule has 0 aromatic heterocycles. The summed E-state index contributed by atoms with van der Waals surface area (Å²) >= 11 is 0. The van der Waals surface area contributed by atoms with Crippen LogP contribution in [-0.2, 0) is 9.53 Å². The third-order valence-corrected chi connectivity index (χ3v) is 0.362. The Balaban J connectivity index is 0.000000122. The highest BCUT2D eigenvalue weighted by Crippen LogP contribution is 1.90. The normalized spacial score (nSPS) is 13.5. The van der Waals surface area contributed by atoms with Gasteiger partial charge in [-0.25, -0.2) is 4.79 Å². The van der Waals surface area contributed by atoms with Gasteiger partial charge in [0.1, 0.15) is 0 Å². The van der Waals surface area contributed by atoms with Gasteiger partial charge in [-0.15, -0.1) is 0 Å². The minimum absolute atomic E-state index is 0.0833. The molecule has 4 heteroatoms. The number of aliphatic hydroxyl groups is 2. The Hall–Kier alpha value is -0.610. The van der Waals surface area contributed by atoms with Crippen LogP contribution in [0.2, 0.25) is 0 Å². The lowest BCUT2D eigenvalue weighted by atomic mass is 10.8. The predicted octanol–water partition coefficient (Wildman–Crippen LogP) is -1.49. The molecule has 0 aromatic rings. The van der Waals surface area contributed by atoms with E-state index in [2.05, 4.69) is 4.74 Å². The van der Waals surface area contributed by atoms with Crippen LogP contribution in [0.15, 0.2) is 0 Å². The number of cyclic esters (lactones) is 1. The van der Waals surface area contributed by atoms with Crippen molar-refractivity contribution in [2.45, 2.75) is 0 Å². The SMILES string of the molecule is O=C1CO1.OCCO. The molecule has 0 atom stereocenters. The second-order valence-corrected chi connectivity index (χ2v) is 1.11. The van der Waals surface area contributed by atoms with Gasteiger partial charge < -0.3 is 14.9 Å². The number of rotatable bonds is 1. The number of aliphatic hydroxyl groups excluding tert-OH is 2. The van der Waals surface area contributed by atoms with Crippen LogP contribution in [0.25, 0.3) is 0 Å². The summed E-state index contributed by atoms with van der Waals surface area (Å²) in [5.41, 5.74) is 0. The van der Waals surface area contributed by atoms with Gasteiger partial charge in [0.25, 0.3) is 0 Å². The summed E-state index contributed by atoms with van der Waals surface area (Å²) in [6.07, 6.45) is 0. The van der Waals surface area contributed by atoms with Crippen LogP contribution in [0, 0.1) is 0 Å². The second kappa shape index (κ2) is 4.55. The molecule has 0 aromatic carbocycles. The molecule has 0 radical (unpaired) electrons. The lowest BCUT2D eigenvalue weighted by molar-refractivity contribution is -0.117. The smallest absolute Gasteiger partial charge is 0.344 e. The highest BCUT2D eigenvalue weighted by molar-refractivity contribution is 5.82. The molecule has 0 saturated carbocycles. The van der Waals surface area contributed by atoms with Gasteiger partial charge in [-0.3, -0.25) is 0 Å². The number of epoxide rings is 1. The number of carbonyl (C=O) groups excluding carboxylic acids is 1. The molecule has 0 spiro atoms. The van der Waals surface area contributed by atoms with E-state index in [1.165, 1.54) is 0 Å². The van der Waals surface area contributed by atoms with E-state index >= 15 is 0 Å². The Kier molecular flexibility index (Phi) is 4.20. The second-order valence-electron chi connectivity index (χ2n) is 1.11. The molecular weight excluding hydrogens is 112 g/mol. The van der Waals surface area contributed by atoms with Crippen LogP contribution in [0.3, 0.4) is 0 Å². The highest BCUT2D eigenvalue weighted by Gasteiger charge is 2.15. The van der Waals surface area contributed by atoms with E-state index in [0.717, 1.165) is 0 Å². The topological polar surface area (TPSA) is 70.1 Å². The van der Waals surface area contributed by atoms with Gasteiger partial charge in [0.15, 0.2) is 6.61 Å². The van der Waals surface area contributed by atoms with Crippen molar-refractivity contribution in [1.82, 2.24) is 0 Å². The minimum Gasteiger partial charge on any atom is -0.451 e. The van der Waals surface area contributed by atoms with E-state index in [1.807, 2.05) is 0 Å².